The molecule has 0 aliphatic carbocycles. The fourth-order valence-corrected chi connectivity index (χ4v) is 3.34. The van der Waals surface area contributed by atoms with Crippen molar-refractivity contribution < 1.29 is 26.3 Å². The fraction of sp³-hybridized carbons (Fsp3) is 0.167. The Balaban J connectivity index is 2.23. The normalized spacial score (nSPS) is 12.3. The van der Waals surface area contributed by atoms with Crippen LogP contribution in [0, 0.1) is 0 Å². The van der Waals surface area contributed by atoms with E-state index in [4.69, 9.17) is 0 Å². The van der Waals surface area contributed by atoms with Gasteiger partial charge in [0.05, 0.1) is 0 Å². The number of thiophene rings is 1. The van der Waals surface area contributed by atoms with Gasteiger partial charge in [0.1, 0.15) is 10.6 Å². The third kappa shape index (κ3) is 4.45. The zero-order valence-electron chi connectivity index (χ0n) is 10.4. The SMILES string of the molecule is O=S(=O)(NCc1ccsc1)c1ccccc1OC(F)(F)F. The largest absolute Gasteiger partial charge is 0.573 e. The Kier molecular flexibility index (Phi) is 4.55. The number of alkyl halides is 3. The zero-order valence-corrected chi connectivity index (χ0v) is 12.1. The Morgan fingerprint density at radius 3 is 2.52 bits per heavy atom. The molecule has 114 valence electrons. The number of ether oxygens (including phenoxy) is 1. The molecule has 2 aromatic rings. The lowest BCUT2D eigenvalue weighted by molar-refractivity contribution is -0.275. The number of rotatable bonds is 5. The standard InChI is InChI=1S/C12H10F3NO3S2/c13-12(14,15)19-10-3-1-2-4-11(10)21(17,18)16-7-9-5-6-20-8-9/h1-6,8,16H,7H2. The average molecular weight is 337 g/mol. The molecule has 0 bridgehead atoms. The molecule has 2 rings (SSSR count). The van der Waals surface area contributed by atoms with Crippen LogP contribution in [0.4, 0.5) is 13.2 Å². The van der Waals surface area contributed by atoms with Crippen molar-refractivity contribution >= 4 is 21.4 Å². The van der Waals surface area contributed by atoms with E-state index in [0.717, 1.165) is 17.7 Å². The number of para-hydroxylation sites is 1. The predicted octanol–water partition coefficient (Wildman–Crippen LogP) is 3.13. The van der Waals surface area contributed by atoms with Gasteiger partial charge in [0.2, 0.25) is 10.0 Å². The maximum Gasteiger partial charge on any atom is 0.573 e. The number of hydrogen-bond donors (Lipinski definition) is 1. The summed E-state index contributed by atoms with van der Waals surface area (Å²) in [5, 5.41) is 3.50. The van der Waals surface area contributed by atoms with Crippen molar-refractivity contribution in [3.8, 4) is 5.75 Å². The Morgan fingerprint density at radius 2 is 1.90 bits per heavy atom. The minimum Gasteiger partial charge on any atom is -0.404 e. The topological polar surface area (TPSA) is 55.4 Å². The molecule has 9 heteroatoms. The van der Waals surface area contributed by atoms with Gasteiger partial charge in [0.15, 0.2) is 0 Å². The van der Waals surface area contributed by atoms with E-state index in [1.54, 1.807) is 16.8 Å². The van der Waals surface area contributed by atoms with Gasteiger partial charge in [-0.1, -0.05) is 12.1 Å². The lowest BCUT2D eigenvalue weighted by Gasteiger charge is -2.13. The quantitative estimate of drug-likeness (QED) is 0.912. The minimum atomic E-state index is -4.96. The van der Waals surface area contributed by atoms with Crippen molar-refractivity contribution in [1.82, 2.24) is 4.72 Å². The molecule has 4 nitrogen and oxygen atoms in total. The molecule has 1 heterocycles. The van der Waals surface area contributed by atoms with Crippen molar-refractivity contribution in [3.05, 3.63) is 46.7 Å². The Bertz CT molecular complexity index is 697. The highest BCUT2D eigenvalue weighted by Crippen LogP contribution is 2.29. The van der Waals surface area contributed by atoms with Crippen LogP contribution in [0.2, 0.25) is 0 Å². The van der Waals surface area contributed by atoms with E-state index in [2.05, 4.69) is 9.46 Å². The van der Waals surface area contributed by atoms with Crippen LogP contribution < -0.4 is 9.46 Å². The molecule has 0 saturated carbocycles. The summed E-state index contributed by atoms with van der Waals surface area (Å²) < 4.78 is 67.0. The van der Waals surface area contributed by atoms with Crippen LogP contribution in [0.1, 0.15) is 5.56 Å². The number of halogens is 3. The fourth-order valence-electron chi connectivity index (χ4n) is 1.53. The Morgan fingerprint density at radius 1 is 1.19 bits per heavy atom. The van der Waals surface area contributed by atoms with Crippen molar-refractivity contribution in [3.63, 3.8) is 0 Å². The van der Waals surface area contributed by atoms with Gasteiger partial charge in [-0.05, 0) is 34.5 Å². The Labute approximate surface area is 123 Å². The molecule has 0 aliphatic heterocycles. The van der Waals surface area contributed by atoms with E-state index in [-0.39, 0.29) is 6.54 Å². The second-order valence-electron chi connectivity index (χ2n) is 3.95. The second-order valence-corrected chi connectivity index (χ2v) is 6.47. The molecule has 0 atom stereocenters. The van der Waals surface area contributed by atoms with Crippen LogP contribution in [0.3, 0.4) is 0 Å². The van der Waals surface area contributed by atoms with Crippen molar-refractivity contribution in [2.75, 3.05) is 0 Å². The van der Waals surface area contributed by atoms with Gasteiger partial charge < -0.3 is 4.74 Å². The number of benzene rings is 1. The van der Waals surface area contributed by atoms with Crippen LogP contribution in [0.25, 0.3) is 0 Å². The van der Waals surface area contributed by atoms with Crippen molar-refractivity contribution in [2.45, 2.75) is 17.8 Å². The molecule has 0 saturated heterocycles. The molecule has 0 unspecified atom stereocenters. The molecule has 0 spiro atoms. The molecule has 0 fully saturated rings. The molecule has 21 heavy (non-hydrogen) atoms. The van der Waals surface area contributed by atoms with Gasteiger partial charge in [-0.15, -0.1) is 13.2 Å². The molecule has 0 radical (unpaired) electrons. The predicted molar refractivity (Wildman–Crippen MR) is 71.5 cm³/mol. The monoisotopic (exact) mass is 337 g/mol. The highest BCUT2D eigenvalue weighted by Gasteiger charge is 2.33. The maximum atomic E-state index is 12.3. The zero-order chi connectivity index (χ0) is 15.5. The van der Waals surface area contributed by atoms with Crippen molar-refractivity contribution in [2.24, 2.45) is 0 Å². The second kappa shape index (κ2) is 6.04. The lowest BCUT2D eigenvalue weighted by Crippen LogP contribution is -2.25. The van der Waals surface area contributed by atoms with Crippen LogP contribution in [-0.2, 0) is 16.6 Å². The average Bonchev–Trinajstić information content (AvgIpc) is 2.88. The highest BCUT2D eigenvalue weighted by atomic mass is 32.2. The summed E-state index contributed by atoms with van der Waals surface area (Å²) in [6.07, 6.45) is -4.96. The minimum absolute atomic E-state index is 0.00775. The molecule has 1 N–H and O–H groups in total. The molecular weight excluding hydrogens is 327 g/mol. The number of nitrogens with one attached hydrogen (secondary N) is 1. The van der Waals surface area contributed by atoms with Crippen LogP contribution >= 0.6 is 11.3 Å². The first-order valence-corrected chi connectivity index (χ1v) is 8.06. The van der Waals surface area contributed by atoms with Gasteiger partial charge in [0.25, 0.3) is 0 Å². The van der Waals surface area contributed by atoms with E-state index in [0.29, 0.717) is 0 Å². The van der Waals surface area contributed by atoms with E-state index < -0.39 is 27.0 Å². The number of sulfonamides is 1. The first-order chi connectivity index (χ1) is 9.78. The molecule has 0 amide bonds. The first-order valence-electron chi connectivity index (χ1n) is 5.63. The summed E-state index contributed by atoms with van der Waals surface area (Å²) >= 11 is 1.39. The van der Waals surface area contributed by atoms with E-state index in [1.165, 1.54) is 23.5 Å². The van der Waals surface area contributed by atoms with E-state index in [1.807, 2.05) is 0 Å². The Hall–Kier alpha value is -1.58. The lowest BCUT2D eigenvalue weighted by atomic mass is 10.3. The van der Waals surface area contributed by atoms with Gasteiger partial charge in [-0.25, -0.2) is 13.1 Å². The summed E-state index contributed by atoms with van der Waals surface area (Å²) in [6, 6.07) is 6.30. The third-order valence-electron chi connectivity index (χ3n) is 2.41. The molecule has 1 aromatic carbocycles. The molecule has 0 aliphatic rings. The van der Waals surface area contributed by atoms with E-state index in [9.17, 15) is 21.6 Å². The van der Waals surface area contributed by atoms with Gasteiger partial charge in [-0.2, -0.15) is 11.3 Å². The summed E-state index contributed by atoms with van der Waals surface area (Å²) in [5.74, 6) is -0.761. The van der Waals surface area contributed by atoms with Crippen LogP contribution in [0.5, 0.6) is 5.75 Å². The van der Waals surface area contributed by atoms with E-state index >= 15 is 0 Å². The molecular formula is C12H10F3NO3S2. The van der Waals surface area contributed by atoms with Crippen LogP contribution in [0.15, 0.2) is 46.0 Å². The maximum absolute atomic E-state index is 12.3. The van der Waals surface area contributed by atoms with Gasteiger partial charge in [-0.3, -0.25) is 0 Å². The van der Waals surface area contributed by atoms with Gasteiger partial charge >= 0.3 is 6.36 Å². The van der Waals surface area contributed by atoms with Crippen LogP contribution in [-0.4, -0.2) is 14.8 Å². The van der Waals surface area contributed by atoms with Gasteiger partial charge in [0, 0.05) is 6.54 Å². The molecule has 1 aromatic heterocycles. The summed E-state index contributed by atoms with van der Waals surface area (Å²) in [4.78, 5) is -0.558. The highest BCUT2D eigenvalue weighted by molar-refractivity contribution is 7.89. The smallest absolute Gasteiger partial charge is 0.404 e. The first kappa shape index (κ1) is 15.8. The third-order valence-corrected chi connectivity index (χ3v) is 4.58. The summed E-state index contributed by atoms with van der Waals surface area (Å²) in [5.41, 5.74) is 0.720. The summed E-state index contributed by atoms with van der Waals surface area (Å²) in [6.45, 7) is -0.00775. The summed E-state index contributed by atoms with van der Waals surface area (Å²) in [7, 11) is -4.11. The van der Waals surface area contributed by atoms with Crippen molar-refractivity contribution in [1.29, 1.82) is 0 Å². The number of hydrogen-bond acceptors (Lipinski definition) is 4.